The second kappa shape index (κ2) is 8.04. The number of hydrogen-bond acceptors (Lipinski definition) is 5. The van der Waals surface area contributed by atoms with Crippen LogP contribution in [0.25, 0.3) is 33.2 Å². The lowest BCUT2D eigenvalue weighted by Gasteiger charge is -2.92. The van der Waals surface area contributed by atoms with Gasteiger partial charge in [-0.2, -0.15) is 0 Å². The van der Waals surface area contributed by atoms with E-state index in [1.807, 2.05) is 24.3 Å². The Labute approximate surface area is 277 Å². The number of dihydropyridines is 1. The fourth-order valence-electron chi connectivity index (χ4n) is 12.1. The molecular formula is C43H31N3O2. The molecule has 0 bridgehead atoms. The van der Waals surface area contributed by atoms with Crippen molar-refractivity contribution in [2.75, 3.05) is 4.90 Å². The van der Waals surface area contributed by atoms with Crippen molar-refractivity contribution in [3.05, 3.63) is 144 Å². The number of rotatable bonds is 3. The van der Waals surface area contributed by atoms with Gasteiger partial charge in [0.2, 0.25) is 0 Å². The van der Waals surface area contributed by atoms with E-state index in [1.165, 1.54) is 30.4 Å². The topological polar surface area (TPSA) is 50.5 Å². The Bertz CT molecular complexity index is 2500. The summed E-state index contributed by atoms with van der Waals surface area (Å²) < 4.78 is 12.4. The van der Waals surface area contributed by atoms with Crippen LogP contribution < -0.4 is 15.0 Å². The molecule has 4 saturated carbocycles. The van der Waals surface area contributed by atoms with Gasteiger partial charge >= 0.3 is 0 Å². The summed E-state index contributed by atoms with van der Waals surface area (Å²) >= 11 is 0. The van der Waals surface area contributed by atoms with Crippen molar-refractivity contribution in [1.82, 2.24) is 10.3 Å². The molecule has 4 heterocycles. The molecule has 5 nitrogen and oxygen atoms in total. The smallest absolute Gasteiger partial charge is 0.154 e. The van der Waals surface area contributed by atoms with Crippen LogP contribution in [0, 0.1) is 29.1 Å². The third-order valence-corrected chi connectivity index (χ3v) is 13.8. The zero-order valence-corrected chi connectivity index (χ0v) is 26.2. The number of nitrogens with zero attached hydrogens (tertiary/aromatic N) is 2. The average molecular weight is 622 g/mol. The molecule has 5 atom stereocenters. The zero-order valence-electron chi connectivity index (χ0n) is 26.2. The van der Waals surface area contributed by atoms with E-state index in [0.29, 0.717) is 5.41 Å². The van der Waals surface area contributed by atoms with E-state index in [2.05, 4.69) is 101 Å². The number of aromatic nitrogens is 1. The van der Waals surface area contributed by atoms with Gasteiger partial charge in [0.1, 0.15) is 40.3 Å². The highest BCUT2D eigenvalue weighted by Gasteiger charge is 2.90. The highest BCUT2D eigenvalue weighted by molar-refractivity contribution is 6.03. The maximum Gasteiger partial charge on any atom is 0.154 e. The number of pyridine rings is 1. The van der Waals surface area contributed by atoms with Gasteiger partial charge in [-0.1, -0.05) is 60.7 Å². The number of fused-ring (bicyclic) bond motifs is 13. The van der Waals surface area contributed by atoms with Crippen LogP contribution in [0.5, 0.6) is 5.75 Å². The first-order valence-corrected chi connectivity index (χ1v) is 17.5. The molecule has 5 unspecified atom stereocenters. The van der Waals surface area contributed by atoms with Gasteiger partial charge < -0.3 is 14.5 Å². The van der Waals surface area contributed by atoms with Crippen LogP contribution in [-0.2, 0) is 5.41 Å². The number of ether oxygens (including phenoxy) is 1. The van der Waals surface area contributed by atoms with E-state index in [1.54, 1.807) is 11.1 Å². The van der Waals surface area contributed by atoms with E-state index in [-0.39, 0.29) is 11.5 Å². The highest BCUT2D eigenvalue weighted by atomic mass is 16.5. The second-order valence-corrected chi connectivity index (χ2v) is 15.1. The Morgan fingerprint density at radius 3 is 2.46 bits per heavy atom. The molecule has 5 heteroatoms. The van der Waals surface area contributed by atoms with Crippen LogP contribution in [0.4, 0.5) is 11.5 Å². The molecule has 2 aliphatic heterocycles. The first-order valence-electron chi connectivity index (χ1n) is 17.5. The minimum Gasteiger partial charge on any atom is -0.459 e. The summed E-state index contributed by atoms with van der Waals surface area (Å²) in [5.41, 5.74) is 11.6. The molecule has 13 rings (SSSR count). The number of benzene rings is 4. The largest absolute Gasteiger partial charge is 0.459 e. The second-order valence-electron chi connectivity index (χ2n) is 15.1. The third-order valence-electron chi connectivity index (χ3n) is 13.8. The monoisotopic (exact) mass is 621 g/mol. The summed E-state index contributed by atoms with van der Waals surface area (Å²) in [7, 11) is 0. The molecule has 48 heavy (non-hydrogen) atoms. The average Bonchev–Trinajstić information content (AvgIpc) is 3.75. The standard InChI is InChI=1S/C43H31N3O2/c1-4-10-30-26(7-1)29-22-25(13-14-31(29)43(30)36-20-23-19-24-21-37(43)42(23,24)36)46(38-17-15-34-40(44-38)27-8-2-5-11-32(27)47-34)39-18-16-35-41(45-39)28-9-3-6-12-33(28)48-35/h1-18,22-24,36-37,40,44H,19-21H2. The molecule has 230 valence electrons. The quantitative estimate of drug-likeness (QED) is 0.213. The molecule has 7 aliphatic rings. The van der Waals surface area contributed by atoms with Crippen molar-refractivity contribution >= 4 is 33.6 Å². The molecule has 0 saturated heterocycles. The van der Waals surface area contributed by atoms with Crippen molar-refractivity contribution in [3.8, 4) is 16.9 Å². The van der Waals surface area contributed by atoms with Crippen molar-refractivity contribution in [2.24, 2.45) is 29.1 Å². The lowest BCUT2D eigenvalue weighted by Crippen LogP contribution is -2.88. The van der Waals surface area contributed by atoms with E-state index in [0.717, 1.165) is 80.1 Å². The normalized spacial score (nSPS) is 31.6. The molecule has 4 aromatic carbocycles. The van der Waals surface area contributed by atoms with Crippen molar-refractivity contribution < 1.29 is 9.15 Å². The Morgan fingerprint density at radius 1 is 0.729 bits per heavy atom. The minimum absolute atomic E-state index is 0.0626. The number of furan rings is 1. The number of anilines is 2. The summed E-state index contributed by atoms with van der Waals surface area (Å²) in [5, 5.41) is 4.88. The molecule has 0 amide bonds. The van der Waals surface area contributed by atoms with E-state index in [4.69, 9.17) is 14.1 Å². The van der Waals surface area contributed by atoms with Gasteiger partial charge in [0.05, 0.1) is 0 Å². The molecule has 2 aromatic heterocycles. The minimum atomic E-state index is -0.0626. The Balaban J connectivity index is 0.998. The van der Waals surface area contributed by atoms with Crippen LogP contribution in [-0.4, -0.2) is 4.98 Å². The van der Waals surface area contributed by atoms with Crippen LogP contribution in [0.2, 0.25) is 0 Å². The highest BCUT2D eigenvalue weighted by Crippen LogP contribution is 2.94. The van der Waals surface area contributed by atoms with Gasteiger partial charge in [-0.15, -0.1) is 0 Å². The van der Waals surface area contributed by atoms with Gasteiger partial charge in [-0.05, 0) is 125 Å². The predicted molar refractivity (Wildman–Crippen MR) is 186 cm³/mol. The molecule has 6 aromatic rings. The molecule has 0 radical (unpaired) electrons. The van der Waals surface area contributed by atoms with Gasteiger partial charge in [0.15, 0.2) is 5.58 Å². The van der Waals surface area contributed by atoms with Gasteiger partial charge in [-0.25, -0.2) is 4.98 Å². The number of hydrogen-bond donors (Lipinski definition) is 1. The van der Waals surface area contributed by atoms with Crippen LogP contribution in [0.15, 0.2) is 131 Å². The lowest BCUT2D eigenvalue weighted by atomic mass is 9.11. The SMILES string of the molecule is C1=C2Oc3ccccc3C2NC(N(c2ccc3c(c2)-c2ccccc2C32C3CC4CC5CC2C453)c2ccc3oc4ccccc4c3n2)=C1. The fraction of sp³-hybridized carbons (Fsp3) is 0.233. The summed E-state index contributed by atoms with van der Waals surface area (Å²) in [5.74, 6) is 7.25. The van der Waals surface area contributed by atoms with Gasteiger partial charge in [-0.3, -0.25) is 4.90 Å². The van der Waals surface area contributed by atoms with Crippen molar-refractivity contribution in [2.45, 2.75) is 30.7 Å². The fourth-order valence-corrected chi connectivity index (χ4v) is 12.1. The van der Waals surface area contributed by atoms with E-state index in [9.17, 15) is 0 Å². The van der Waals surface area contributed by atoms with E-state index < -0.39 is 0 Å². The molecule has 1 N–H and O–H groups in total. The third kappa shape index (κ3) is 2.55. The summed E-state index contributed by atoms with van der Waals surface area (Å²) in [6.45, 7) is 0. The van der Waals surface area contributed by atoms with Crippen molar-refractivity contribution in [1.29, 1.82) is 0 Å². The molecule has 4 fully saturated rings. The lowest BCUT2D eigenvalue weighted by molar-refractivity contribution is -0.412. The van der Waals surface area contributed by atoms with Gasteiger partial charge in [0, 0.05) is 22.1 Å². The number of allylic oxidation sites excluding steroid dienone is 2. The van der Waals surface area contributed by atoms with Crippen LogP contribution in [0.1, 0.15) is 42.0 Å². The zero-order chi connectivity index (χ0) is 30.9. The maximum absolute atomic E-state index is 6.25. The first-order chi connectivity index (χ1) is 23.7. The number of nitrogens with one attached hydrogen (secondary N) is 1. The maximum atomic E-state index is 6.25. The number of para-hydroxylation sites is 2. The van der Waals surface area contributed by atoms with Gasteiger partial charge in [0.25, 0.3) is 0 Å². The molecule has 2 spiro atoms. The van der Waals surface area contributed by atoms with Crippen molar-refractivity contribution in [3.63, 3.8) is 0 Å². The predicted octanol–water partition coefficient (Wildman–Crippen LogP) is 9.52. The Kier molecular flexibility index (Phi) is 4.16. The Hall–Kier alpha value is -5.29. The summed E-state index contributed by atoms with van der Waals surface area (Å²) in [4.78, 5) is 7.60. The molecular weight excluding hydrogens is 590 g/mol. The van der Waals surface area contributed by atoms with E-state index >= 15 is 0 Å². The molecule has 5 aliphatic carbocycles. The van der Waals surface area contributed by atoms with Crippen LogP contribution >= 0.6 is 0 Å². The van der Waals surface area contributed by atoms with Crippen LogP contribution in [0.3, 0.4) is 0 Å². The summed E-state index contributed by atoms with van der Waals surface area (Å²) in [6.07, 6.45) is 8.55. The first kappa shape index (κ1) is 24.8. The summed E-state index contributed by atoms with van der Waals surface area (Å²) in [6, 6.07) is 37.2. The Morgan fingerprint density at radius 2 is 1.54 bits per heavy atom.